The highest BCUT2D eigenvalue weighted by molar-refractivity contribution is 5.71. The van der Waals surface area contributed by atoms with E-state index in [2.05, 4.69) is 0 Å². The van der Waals surface area contributed by atoms with Gasteiger partial charge in [0.15, 0.2) is 0 Å². The Labute approximate surface area is 102 Å². The van der Waals surface area contributed by atoms with Crippen LogP contribution in [0.3, 0.4) is 0 Å². The largest absolute Gasteiger partial charge is 0.465 e. The Morgan fingerprint density at radius 2 is 2.06 bits per heavy atom. The van der Waals surface area contributed by atoms with Gasteiger partial charge in [0.05, 0.1) is 19.3 Å². The van der Waals surface area contributed by atoms with Gasteiger partial charge in [-0.15, -0.1) is 0 Å². The van der Waals surface area contributed by atoms with Crippen molar-refractivity contribution in [2.24, 2.45) is 0 Å². The van der Waals surface area contributed by atoms with Crippen LogP contribution in [0.25, 0.3) is 0 Å². The molecule has 0 aliphatic rings. The molecule has 0 aliphatic carbocycles. The van der Waals surface area contributed by atoms with Crippen LogP contribution in [0.4, 0.5) is 0 Å². The van der Waals surface area contributed by atoms with Gasteiger partial charge in [0.2, 0.25) is 0 Å². The van der Waals surface area contributed by atoms with E-state index < -0.39 is 6.10 Å². The zero-order valence-corrected chi connectivity index (χ0v) is 10.3. The maximum absolute atomic E-state index is 11.2. The van der Waals surface area contributed by atoms with Gasteiger partial charge < -0.3 is 9.84 Å². The average molecular weight is 237 g/mol. The average Bonchev–Trinajstić information content (AvgIpc) is 2.30. The predicted octanol–water partition coefficient (Wildman–Crippen LogP) is 1.21. The Morgan fingerprint density at radius 3 is 2.65 bits per heavy atom. The van der Waals surface area contributed by atoms with Crippen LogP contribution in [0.5, 0.6) is 0 Å². The number of aliphatic hydroxyl groups excluding tert-OH is 1. The maximum atomic E-state index is 11.2. The standard InChI is InChI=1S/C13H19NO3/c1-3-17-13(16)10-14(2)9-12(15)11-7-5-4-6-8-11/h4-8,12,15H,3,9-10H2,1-2H3. The number of aliphatic hydroxyl groups is 1. The smallest absolute Gasteiger partial charge is 0.320 e. The van der Waals surface area contributed by atoms with Gasteiger partial charge in [-0.05, 0) is 19.5 Å². The lowest BCUT2D eigenvalue weighted by molar-refractivity contribution is -0.144. The molecular formula is C13H19NO3. The van der Waals surface area contributed by atoms with Gasteiger partial charge in [-0.1, -0.05) is 30.3 Å². The number of nitrogens with zero attached hydrogens (tertiary/aromatic N) is 1. The summed E-state index contributed by atoms with van der Waals surface area (Å²) in [5, 5.41) is 9.94. The number of rotatable bonds is 6. The maximum Gasteiger partial charge on any atom is 0.320 e. The van der Waals surface area contributed by atoms with E-state index in [-0.39, 0.29) is 12.5 Å². The summed E-state index contributed by atoms with van der Waals surface area (Å²) < 4.78 is 4.84. The zero-order valence-electron chi connectivity index (χ0n) is 10.3. The predicted molar refractivity (Wildman–Crippen MR) is 65.5 cm³/mol. The molecule has 1 aromatic rings. The molecule has 0 saturated heterocycles. The summed E-state index contributed by atoms with van der Waals surface area (Å²) in [6.07, 6.45) is -0.587. The summed E-state index contributed by atoms with van der Waals surface area (Å²) in [6.45, 7) is 2.76. The fourth-order valence-electron chi connectivity index (χ4n) is 1.57. The number of carbonyl (C=O) groups is 1. The van der Waals surface area contributed by atoms with Gasteiger partial charge in [-0.3, -0.25) is 9.69 Å². The molecular weight excluding hydrogens is 218 g/mol. The topological polar surface area (TPSA) is 49.8 Å². The van der Waals surface area contributed by atoms with Gasteiger partial charge >= 0.3 is 5.97 Å². The van der Waals surface area contributed by atoms with Crippen molar-refractivity contribution in [3.05, 3.63) is 35.9 Å². The van der Waals surface area contributed by atoms with Crippen molar-refractivity contribution >= 4 is 5.97 Å². The first-order valence-electron chi connectivity index (χ1n) is 5.70. The van der Waals surface area contributed by atoms with Crippen LogP contribution in [0.15, 0.2) is 30.3 Å². The van der Waals surface area contributed by atoms with Gasteiger partial charge in [0.1, 0.15) is 0 Å². The van der Waals surface area contributed by atoms with Crippen molar-refractivity contribution in [3.8, 4) is 0 Å². The molecule has 4 heteroatoms. The number of hydrogen-bond donors (Lipinski definition) is 1. The van der Waals surface area contributed by atoms with Crippen LogP contribution in [0.2, 0.25) is 0 Å². The van der Waals surface area contributed by atoms with E-state index in [0.717, 1.165) is 5.56 Å². The minimum absolute atomic E-state index is 0.192. The van der Waals surface area contributed by atoms with Crippen molar-refractivity contribution in [3.63, 3.8) is 0 Å². The van der Waals surface area contributed by atoms with Gasteiger partial charge in [-0.25, -0.2) is 0 Å². The second-order valence-electron chi connectivity index (χ2n) is 3.93. The Balaban J connectivity index is 2.41. The molecule has 0 aliphatic heterocycles. The number of hydrogen-bond acceptors (Lipinski definition) is 4. The van der Waals surface area contributed by atoms with Gasteiger partial charge in [-0.2, -0.15) is 0 Å². The number of benzene rings is 1. The second kappa shape index (κ2) is 7.04. The first-order valence-corrected chi connectivity index (χ1v) is 5.70. The third-order valence-electron chi connectivity index (χ3n) is 2.37. The zero-order chi connectivity index (χ0) is 12.7. The molecule has 0 aromatic heterocycles. The summed E-state index contributed by atoms with van der Waals surface area (Å²) in [5.74, 6) is -0.268. The summed E-state index contributed by atoms with van der Waals surface area (Å²) in [4.78, 5) is 13.0. The molecule has 0 spiro atoms. The highest BCUT2D eigenvalue weighted by Gasteiger charge is 2.13. The normalized spacial score (nSPS) is 12.5. The lowest BCUT2D eigenvalue weighted by atomic mass is 10.1. The molecule has 0 fully saturated rings. The molecule has 1 unspecified atom stereocenters. The lowest BCUT2D eigenvalue weighted by Crippen LogP contribution is -2.31. The summed E-state index contributed by atoms with van der Waals surface area (Å²) in [5.41, 5.74) is 0.850. The Morgan fingerprint density at radius 1 is 1.41 bits per heavy atom. The first-order chi connectivity index (χ1) is 8.13. The molecule has 0 bridgehead atoms. The highest BCUT2D eigenvalue weighted by Crippen LogP contribution is 2.12. The number of ether oxygens (including phenoxy) is 1. The fraction of sp³-hybridized carbons (Fsp3) is 0.462. The van der Waals surface area contributed by atoms with E-state index in [4.69, 9.17) is 4.74 Å². The van der Waals surface area contributed by atoms with E-state index in [1.165, 1.54) is 0 Å². The third-order valence-corrected chi connectivity index (χ3v) is 2.37. The van der Waals surface area contributed by atoms with Crippen LogP contribution in [-0.4, -0.2) is 42.7 Å². The Bertz CT molecular complexity index is 340. The number of carbonyl (C=O) groups excluding carboxylic acids is 1. The summed E-state index contributed by atoms with van der Waals surface area (Å²) >= 11 is 0. The second-order valence-corrected chi connectivity index (χ2v) is 3.93. The van der Waals surface area contributed by atoms with Crippen molar-refractivity contribution in [1.82, 2.24) is 4.90 Å². The molecule has 0 amide bonds. The van der Waals surface area contributed by atoms with Gasteiger partial charge in [0.25, 0.3) is 0 Å². The van der Waals surface area contributed by atoms with Crippen molar-refractivity contribution in [2.45, 2.75) is 13.0 Å². The summed E-state index contributed by atoms with van der Waals surface area (Å²) in [6, 6.07) is 9.39. The molecule has 0 saturated carbocycles. The molecule has 94 valence electrons. The van der Waals surface area contributed by atoms with Crippen molar-refractivity contribution in [2.75, 3.05) is 26.7 Å². The first kappa shape index (κ1) is 13.7. The van der Waals surface area contributed by atoms with Crippen LogP contribution in [0.1, 0.15) is 18.6 Å². The van der Waals surface area contributed by atoms with E-state index in [1.54, 1.807) is 18.9 Å². The van der Waals surface area contributed by atoms with E-state index in [9.17, 15) is 9.90 Å². The van der Waals surface area contributed by atoms with Crippen LogP contribution < -0.4 is 0 Å². The molecule has 1 aromatic carbocycles. The quantitative estimate of drug-likeness (QED) is 0.756. The number of likely N-dealkylation sites (N-methyl/N-ethyl adjacent to an activating group) is 1. The minimum atomic E-state index is -0.587. The Kier molecular flexibility index (Phi) is 5.66. The van der Waals surface area contributed by atoms with E-state index >= 15 is 0 Å². The Hall–Kier alpha value is -1.39. The van der Waals surface area contributed by atoms with Gasteiger partial charge in [0, 0.05) is 6.54 Å². The fourth-order valence-corrected chi connectivity index (χ4v) is 1.57. The molecule has 1 rings (SSSR count). The molecule has 0 radical (unpaired) electrons. The minimum Gasteiger partial charge on any atom is -0.465 e. The van der Waals surface area contributed by atoms with Crippen LogP contribution in [0, 0.1) is 0 Å². The van der Waals surface area contributed by atoms with E-state index in [1.807, 2.05) is 30.3 Å². The monoisotopic (exact) mass is 237 g/mol. The van der Waals surface area contributed by atoms with Crippen LogP contribution in [-0.2, 0) is 9.53 Å². The summed E-state index contributed by atoms with van der Waals surface area (Å²) in [7, 11) is 1.78. The lowest BCUT2D eigenvalue weighted by Gasteiger charge is -2.19. The van der Waals surface area contributed by atoms with Crippen molar-refractivity contribution < 1.29 is 14.6 Å². The molecule has 1 atom stereocenters. The molecule has 1 N–H and O–H groups in total. The van der Waals surface area contributed by atoms with Crippen LogP contribution >= 0.6 is 0 Å². The van der Waals surface area contributed by atoms with E-state index in [0.29, 0.717) is 13.2 Å². The highest BCUT2D eigenvalue weighted by atomic mass is 16.5. The number of esters is 1. The molecule has 17 heavy (non-hydrogen) atoms. The third kappa shape index (κ3) is 4.97. The molecule has 0 heterocycles. The SMILES string of the molecule is CCOC(=O)CN(C)CC(O)c1ccccc1. The molecule has 4 nitrogen and oxygen atoms in total. The van der Waals surface area contributed by atoms with Crippen molar-refractivity contribution in [1.29, 1.82) is 0 Å².